The fourth-order valence-electron chi connectivity index (χ4n) is 7.98. The fourth-order valence-corrected chi connectivity index (χ4v) is 7.98. The Morgan fingerprint density at radius 2 is 1.46 bits per heavy atom. The van der Waals surface area contributed by atoms with E-state index in [0.29, 0.717) is 17.6 Å². The van der Waals surface area contributed by atoms with E-state index < -0.39 is 12.2 Å². The first kappa shape index (κ1) is 17.0. The lowest BCUT2D eigenvalue weighted by molar-refractivity contribution is -0.174. The largest absolute Gasteiger partial charge is 0.390 e. The summed E-state index contributed by atoms with van der Waals surface area (Å²) in [6, 6.07) is 0. The number of aliphatic hydroxyl groups is 2. The Labute approximate surface area is 146 Å². The zero-order chi connectivity index (χ0) is 17.3. The van der Waals surface area contributed by atoms with Crippen molar-refractivity contribution in [2.75, 3.05) is 0 Å². The summed E-state index contributed by atoms with van der Waals surface area (Å²) in [6.45, 7) is 6.58. The third-order valence-electron chi connectivity index (χ3n) is 9.22. The van der Waals surface area contributed by atoms with Crippen LogP contribution in [0.4, 0.5) is 0 Å². The molecule has 9 atom stereocenters. The summed E-state index contributed by atoms with van der Waals surface area (Å²) in [7, 11) is 0. The minimum Gasteiger partial charge on any atom is -0.390 e. The topological polar surface area (TPSA) is 57.5 Å². The van der Waals surface area contributed by atoms with Gasteiger partial charge in [0.1, 0.15) is 5.78 Å². The maximum Gasteiger partial charge on any atom is 0.133 e. The van der Waals surface area contributed by atoms with Gasteiger partial charge in [-0.3, -0.25) is 4.79 Å². The molecule has 24 heavy (non-hydrogen) atoms. The van der Waals surface area contributed by atoms with Crippen LogP contribution in [0.2, 0.25) is 0 Å². The predicted octanol–water partition coefficient (Wildman–Crippen LogP) is 3.57. The normalized spacial score (nSPS) is 57.0. The number of carbonyl (C=O) groups is 1. The standard InChI is InChI=1S/C21H34O3/c1-12(22)14-6-7-15-13-4-5-17-19(24)18(23)9-11-21(17,3)16(13)8-10-20(14,15)2/h13-19,23-24H,4-11H2,1-3H3/t13-,14+,15-,16-,17-,18+,19+,20+,21+/m0/s1. The second-order valence-electron chi connectivity index (χ2n) is 9.95. The number of hydrogen-bond acceptors (Lipinski definition) is 3. The van der Waals surface area contributed by atoms with E-state index in [-0.39, 0.29) is 22.7 Å². The highest BCUT2D eigenvalue weighted by molar-refractivity contribution is 5.79. The van der Waals surface area contributed by atoms with Gasteiger partial charge in [0.25, 0.3) is 0 Å². The van der Waals surface area contributed by atoms with Crippen LogP contribution in [0.15, 0.2) is 0 Å². The second kappa shape index (κ2) is 5.54. The molecule has 4 aliphatic rings. The number of aliphatic hydroxyl groups excluding tert-OH is 2. The molecule has 0 heterocycles. The van der Waals surface area contributed by atoms with E-state index in [0.717, 1.165) is 31.6 Å². The number of carbonyl (C=O) groups excluding carboxylic acids is 1. The van der Waals surface area contributed by atoms with Gasteiger partial charge in [-0.15, -0.1) is 0 Å². The van der Waals surface area contributed by atoms with E-state index in [1.165, 1.54) is 25.7 Å². The van der Waals surface area contributed by atoms with E-state index in [1.54, 1.807) is 6.92 Å². The number of fused-ring (bicyclic) bond motifs is 5. The van der Waals surface area contributed by atoms with Crippen LogP contribution >= 0.6 is 0 Å². The van der Waals surface area contributed by atoms with Crippen LogP contribution in [0.25, 0.3) is 0 Å². The van der Waals surface area contributed by atoms with Crippen molar-refractivity contribution in [3.8, 4) is 0 Å². The molecule has 2 N–H and O–H groups in total. The zero-order valence-corrected chi connectivity index (χ0v) is 15.5. The van der Waals surface area contributed by atoms with Crippen LogP contribution < -0.4 is 0 Å². The van der Waals surface area contributed by atoms with Gasteiger partial charge < -0.3 is 10.2 Å². The quantitative estimate of drug-likeness (QED) is 0.771. The Morgan fingerprint density at radius 3 is 2.17 bits per heavy atom. The van der Waals surface area contributed by atoms with Crippen molar-refractivity contribution >= 4 is 5.78 Å². The van der Waals surface area contributed by atoms with E-state index in [9.17, 15) is 15.0 Å². The lowest BCUT2D eigenvalue weighted by atomic mass is 9.44. The first-order valence-corrected chi connectivity index (χ1v) is 10.2. The summed E-state index contributed by atoms with van der Waals surface area (Å²) in [5.41, 5.74) is 0.389. The van der Waals surface area contributed by atoms with Crippen LogP contribution in [-0.4, -0.2) is 28.2 Å². The van der Waals surface area contributed by atoms with Crippen LogP contribution in [0.3, 0.4) is 0 Å². The molecule has 0 aromatic heterocycles. The van der Waals surface area contributed by atoms with Crippen molar-refractivity contribution in [1.82, 2.24) is 0 Å². The van der Waals surface area contributed by atoms with Gasteiger partial charge in [0.05, 0.1) is 12.2 Å². The van der Waals surface area contributed by atoms with Crippen LogP contribution in [0.5, 0.6) is 0 Å². The molecule has 0 radical (unpaired) electrons. The minimum absolute atomic E-state index is 0.178. The van der Waals surface area contributed by atoms with E-state index in [2.05, 4.69) is 13.8 Å². The first-order chi connectivity index (χ1) is 11.3. The van der Waals surface area contributed by atoms with Crippen molar-refractivity contribution in [3.05, 3.63) is 0 Å². The third-order valence-corrected chi connectivity index (χ3v) is 9.22. The first-order valence-electron chi connectivity index (χ1n) is 10.2. The Kier molecular flexibility index (Phi) is 3.93. The highest BCUT2D eigenvalue weighted by Gasteiger charge is 2.62. The molecular formula is C21H34O3. The second-order valence-corrected chi connectivity index (χ2v) is 9.95. The van der Waals surface area contributed by atoms with Gasteiger partial charge in [-0.05, 0) is 92.8 Å². The summed E-state index contributed by atoms with van der Waals surface area (Å²) < 4.78 is 0. The van der Waals surface area contributed by atoms with Crippen molar-refractivity contribution in [2.45, 2.75) is 84.3 Å². The molecule has 3 heteroatoms. The van der Waals surface area contributed by atoms with Crippen LogP contribution in [0.1, 0.15) is 72.1 Å². The molecule has 0 unspecified atom stereocenters. The molecular weight excluding hydrogens is 300 g/mol. The summed E-state index contributed by atoms with van der Waals surface area (Å²) in [6.07, 6.45) is 7.64. The Balaban J connectivity index is 1.63. The molecule has 0 saturated heterocycles. The summed E-state index contributed by atoms with van der Waals surface area (Å²) in [4.78, 5) is 12.2. The fraction of sp³-hybridized carbons (Fsp3) is 0.952. The van der Waals surface area contributed by atoms with Crippen LogP contribution in [-0.2, 0) is 4.79 Å². The molecule has 136 valence electrons. The zero-order valence-electron chi connectivity index (χ0n) is 15.5. The molecule has 4 fully saturated rings. The van der Waals surface area contributed by atoms with Crippen molar-refractivity contribution in [1.29, 1.82) is 0 Å². The lowest BCUT2D eigenvalue weighted by Gasteiger charge is -2.61. The average Bonchev–Trinajstić information content (AvgIpc) is 2.89. The molecule has 0 amide bonds. The minimum atomic E-state index is -0.536. The predicted molar refractivity (Wildman–Crippen MR) is 93.3 cm³/mol. The molecule has 4 rings (SSSR count). The SMILES string of the molecule is CC(=O)[C@H]1CC[C@H]2[C@@H]3CC[C@H]4[C@@H](O)[C@H](O)CC[C@]4(C)[C@H]3CC[C@]12C. The van der Waals surface area contributed by atoms with Crippen molar-refractivity contribution in [3.63, 3.8) is 0 Å². The summed E-state index contributed by atoms with van der Waals surface area (Å²) >= 11 is 0. The summed E-state index contributed by atoms with van der Waals surface area (Å²) in [5, 5.41) is 20.7. The Hall–Kier alpha value is -0.410. The molecule has 4 saturated carbocycles. The highest BCUT2D eigenvalue weighted by Crippen LogP contribution is 2.67. The Bertz CT molecular complexity index is 531. The molecule has 0 spiro atoms. The Morgan fingerprint density at radius 1 is 0.833 bits per heavy atom. The maximum atomic E-state index is 12.2. The van der Waals surface area contributed by atoms with Crippen molar-refractivity contribution < 1.29 is 15.0 Å². The number of Topliss-reactive ketones (excluding diaryl/α,β-unsaturated/α-hetero) is 1. The number of rotatable bonds is 1. The van der Waals surface area contributed by atoms with E-state index in [1.807, 2.05) is 0 Å². The molecule has 0 aromatic rings. The van der Waals surface area contributed by atoms with Gasteiger partial charge in [0.15, 0.2) is 0 Å². The molecule has 0 aromatic carbocycles. The average molecular weight is 335 g/mol. The maximum absolute atomic E-state index is 12.2. The van der Waals surface area contributed by atoms with Gasteiger partial charge in [0, 0.05) is 5.92 Å². The van der Waals surface area contributed by atoms with Gasteiger partial charge in [-0.1, -0.05) is 13.8 Å². The van der Waals surface area contributed by atoms with Gasteiger partial charge in [0.2, 0.25) is 0 Å². The van der Waals surface area contributed by atoms with Crippen LogP contribution in [0, 0.1) is 40.4 Å². The molecule has 0 bridgehead atoms. The van der Waals surface area contributed by atoms with Gasteiger partial charge >= 0.3 is 0 Å². The van der Waals surface area contributed by atoms with Gasteiger partial charge in [-0.2, -0.15) is 0 Å². The third kappa shape index (κ3) is 2.13. The lowest BCUT2D eigenvalue weighted by Crippen LogP contribution is -2.58. The van der Waals surface area contributed by atoms with E-state index >= 15 is 0 Å². The summed E-state index contributed by atoms with van der Waals surface area (Å²) in [5.74, 6) is 3.00. The molecule has 4 aliphatic carbocycles. The molecule has 3 nitrogen and oxygen atoms in total. The monoisotopic (exact) mass is 334 g/mol. The number of hydrogen-bond donors (Lipinski definition) is 2. The van der Waals surface area contributed by atoms with Gasteiger partial charge in [-0.25, -0.2) is 0 Å². The smallest absolute Gasteiger partial charge is 0.133 e. The van der Waals surface area contributed by atoms with Crippen molar-refractivity contribution in [2.24, 2.45) is 40.4 Å². The highest BCUT2D eigenvalue weighted by atomic mass is 16.3. The molecule has 0 aliphatic heterocycles. The number of ketones is 1. The van der Waals surface area contributed by atoms with E-state index in [4.69, 9.17) is 0 Å².